The maximum absolute atomic E-state index is 12.6. The lowest BCUT2D eigenvalue weighted by Crippen LogP contribution is -2.44. The summed E-state index contributed by atoms with van der Waals surface area (Å²) in [4.78, 5) is 14.7. The second-order valence-electron chi connectivity index (χ2n) is 6.77. The van der Waals surface area contributed by atoms with Gasteiger partial charge in [-0.3, -0.25) is 10.1 Å². The SMILES string of the molecule is CCCCC(C)N1C(=O)C(C(C)C)NC1CC(C)C. The van der Waals surface area contributed by atoms with E-state index in [9.17, 15) is 4.79 Å². The fourth-order valence-electron chi connectivity index (χ4n) is 2.94. The van der Waals surface area contributed by atoms with E-state index in [0.717, 1.165) is 12.8 Å². The molecular formula is C16H32N2O. The largest absolute Gasteiger partial charge is 0.323 e. The summed E-state index contributed by atoms with van der Waals surface area (Å²) >= 11 is 0. The van der Waals surface area contributed by atoms with Crippen LogP contribution in [0.1, 0.15) is 67.2 Å². The van der Waals surface area contributed by atoms with E-state index in [-0.39, 0.29) is 12.2 Å². The van der Waals surface area contributed by atoms with Crippen LogP contribution < -0.4 is 5.32 Å². The number of amides is 1. The molecule has 1 rings (SSSR count). The lowest BCUT2D eigenvalue weighted by molar-refractivity contribution is -0.133. The van der Waals surface area contributed by atoms with Crippen molar-refractivity contribution in [2.24, 2.45) is 11.8 Å². The van der Waals surface area contributed by atoms with E-state index in [2.05, 4.69) is 51.8 Å². The van der Waals surface area contributed by atoms with Crippen LogP contribution in [0.4, 0.5) is 0 Å². The molecule has 0 aliphatic carbocycles. The van der Waals surface area contributed by atoms with Crippen LogP contribution in [0.5, 0.6) is 0 Å². The Kier molecular flexibility index (Phi) is 6.31. The third kappa shape index (κ3) is 4.20. The Labute approximate surface area is 119 Å². The third-order valence-electron chi connectivity index (χ3n) is 4.04. The summed E-state index contributed by atoms with van der Waals surface area (Å²) in [5.41, 5.74) is 0. The first kappa shape index (κ1) is 16.5. The van der Waals surface area contributed by atoms with Crippen LogP contribution in [0.25, 0.3) is 0 Å². The Morgan fingerprint density at radius 1 is 1.21 bits per heavy atom. The molecule has 1 heterocycles. The number of nitrogens with zero attached hydrogens (tertiary/aromatic N) is 1. The first-order valence-electron chi connectivity index (χ1n) is 7.96. The summed E-state index contributed by atoms with van der Waals surface area (Å²) in [5.74, 6) is 1.28. The van der Waals surface area contributed by atoms with Gasteiger partial charge in [0, 0.05) is 6.04 Å². The maximum Gasteiger partial charge on any atom is 0.241 e. The fourth-order valence-corrected chi connectivity index (χ4v) is 2.94. The Morgan fingerprint density at radius 2 is 1.84 bits per heavy atom. The Balaban J connectivity index is 2.78. The smallest absolute Gasteiger partial charge is 0.241 e. The first-order valence-corrected chi connectivity index (χ1v) is 7.96. The number of unbranched alkanes of at least 4 members (excludes halogenated alkanes) is 1. The zero-order valence-electron chi connectivity index (χ0n) is 13.6. The van der Waals surface area contributed by atoms with Crippen molar-refractivity contribution in [3.05, 3.63) is 0 Å². The van der Waals surface area contributed by atoms with Crippen molar-refractivity contribution >= 4 is 5.91 Å². The molecule has 3 nitrogen and oxygen atoms in total. The number of hydrogen-bond acceptors (Lipinski definition) is 2. The highest BCUT2D eigenvalue weighted by Crippen LogP contribution is 2.25. The van der Waals surface area contributed by atoms with Gasteiger partial charge in [0.05, 0.1) is 12.2 Å². The normalized spacial score (nSPS) is 25.7. The van der Waals surface area contributed by atoms with Crippen molar-refractivity contribution in [2.75, 3.05) is 0 Å². The molecule has 1 aliphatic heterocycles. The molecule has 19 heavy (non-hydrogen) atoms. The number of carbonyl (C=O) groups is 1. The lowest BCUT2D eigenvalue weighted by Gasteiger charge is -2.31. The van der Waals surface area contributed by atoms with Crippen molar-refractivity contribution < 1.29 is 4.79 Å². The first-order chi connectivity index (χ1) is 8.88. The van der Waals surface area contributed by atoms with Crippen LogP contribution >= 0.6 is 0 Å². The van der Waals surface area contributed by atoms with Crippen LogP contribution in [0.3, 0.4) is 0 Å². The van der Waals surface area contributed by atoms with E-state index in [4.69, 9.17) is 0 Å². The minimum absolute atomic E-state index is 0.00725. The van der Waals surface area contributed by atoms with E-state index < -0.39 is 0 Å². The molecule has 0 aromatic heterocycles. The molecule has 3 atom stereocenters. The van der Waals surface area contributed by atoms with Gasteiger partial charge in [-0.15, -0.1) is 0 Å². The van der Waals surface area contributed by atoms with Crippen LogP contribution in [-0.4, -0.2) is 29.1 Å². The average Bonchev–Trinajstić information content (AvgIpc) is 2.62. The molecule has 3 unspecified atom stereocenters. The summed E-state index contributed by atoms with van der Waals surface area (Å²) in [6.07, 6.45) is 4.79. The molecule has 1 aliphatic rings. The third-order valence-corrected chi connectivity index (χ3v) is 4.04. The van der Waals surface area contributed by atoms with Gasteiger partial charge in [-0.25, -0.2) is 0 Å². The zero-order chi connectivity index (χ0) is 14.6. The van der Waals surface area contributed by atoms with Crippen molar-refractivity contribution in [3.63, 3.8) is 0 Å². The van der Waals surface area contributed by atoms with Crippen LogP contribution in [0.15, 0.2) is 0 Å². The number of rotatable bonds is 7. The number of nitrogens with one attached hydrogen (secondary N) is 1. The highest BCUT2D eigenvalue weighted by molar-refractivity contribution is 5.84. The summed E-state index contributed by atoms with van der Waals surface area (Å²) in [5, 5.41) is 3.56. The predicted octanol–water partition coefficient (Wildman–Crippen LogP) is 3.39. The molecule has 0 aromatic rings. The quantitative estimate of drug-likeness (QED) is 0.767. The Morgan fingerprint density at radius 3 is 2.32 bits per heavy atom. The van der Waals surface area contributed by atoms with E-state index >= 15 is 0 Å². The van der Waals surface area contributed by atoms with Crippen molar-refractivity contribution in [1.29, 1.82) is 0 Å². The number of carbonyl (C=O) groups excluding carboxylic acids is 1. The fraction of sp³-hybridized carbons (Fsp3) is 0.938. The van der Waals surface area contributed by atoms with Crippen molar-refractivity contribution in [2.45, 2.75) is 85.5 Å². The van der Waals surface area contributed by atoms with Gasteiger partial charge in [0.25, 0.3) is 0 Å². The van der Waals surface area contributed by atoms with Crippen molar-refractivity contribution in [3.8, 4) is 0 Å². The molecule has 3 heteroatoms. The van der Waals surface area contributed by atoms with Gasteiger partial charge in [-0.2, -0.15) is 0 Å². The molecular weight excluding hydrogens is 236 g/mol. The molecule has 0 spiro atoms. The van der Waals surface area contributed by atoms with E-state index in [1.807, 2.05) is 0 Å². The zero-order valence-corrected chi connectivity index (χ0v) is 13.6. The van der Waals surface area contributed by atoms with E-state index in [1.165, 1.54) is 12.8 Å². The van der Waals surface area contributed by atoms with Gasteiger partial charge < -0.3 is 4.90 Å². The van der Waals surface area contributed by atoms with Crippen molar-refractivity contribution in [1.82, 2.24) is 10.2 Å². The maximum atomic E-state index is 12.6. The molecule has 0 bridgehead atoms. The van der Waals surface area contributed by atoms with Gasteiger partial charge in [-0.05, 0) is 31.6 Å². The van der Waals surface area contributed by atoms with Gasteiger partial charge in [-0.1, -0.05) is 47.5 Å². The molecule has 0 aromatic carbocycles. The van der Waals surface area contributed by atoms with Crippen LogP contribution in [0.2, 0.25) is 0 Å². The lowest BCUT2D eigenvalue weighted by atomic mass is 10.0. The summed E-state index contributed by atoms with van der Waals surface area (Å²) in [7, 11) is 0. The average molecular weight is 268 g/mol. The molecule has 112 valence electrons. The van der Waals surface area contributed by atoms with Gasteiger partial charge >= 0.3 is 0 Å². The van der Waals surface area contributed by atoms with Gasteiger partial charge in [0.15, 0.2) is 0 Å². The van der Waals surface area contributed by atoms with E-state index in [0.29, 0.717) is 23.8 Å². The monoisotopic (exact) mass is 268 g/mol. The highest BCUT2D eigenvalue weighted by atomic mass is 16.2. The Hall–Kier alpha value is -0.570. The summed E-state index contributed by atoms with van der Waals surface area (Å²) < 4.78 is 0. The molecule has 0 radical (unpaired) electrons. The second-order valence-corrected chi connectivity index (χ2v) is 6.77. The standard InChI is InChI=1S/C16H32N2O/c1-7-8-9-13(6)18-14(10-11(2)3)17-15(12(4)5)16(18)19/h11-15,17H,7-10H2,1-6H3. The summed E-state index contributed by atoms with van der Waals surface area (Å²) in [6, 6.07) is 0.361. The highest BCUT2D eigenvalue weighted by Gasteiger charge is 2.42. The minimum Gasteiger partial charge on any atom is -0.323 e. The van der Waals surface area contributed by atoms with Crippen LogP contribution in [0, 0.1) is 11.8 Å². The molecule has 1 saturated heterocycles. The van der Waals surface area contributed by atoms with Crippen LogP contribution in [-0.2, 0) is 4.79 Å². The summed E-state index contributed by atoms with van der Waals surface area (Å²) in [6.45, 7) is 13.1. The minimum atomic E-state index is 0.00725. The molecule has 0 saturated carbocycles. The predicted molar refractivity (Wildman–Crippen MR) is 80.8 cm³/mol. The molecule has 1 N–H and O–H groups in total. The topological polar surface area (TPSA) is 32.3 Å². The molecule has 1 amide bonds. The second kappa shape index (κ2) is 7.28. The molecule has 1 fully saturated rings. The van der Waals surface area contributed by atoms with Gasteiger partial charge in [0.2, 0.25) is 5.91 Å². The van der Waals surface area contributed by atoms with E-state index in [1.54, 1.807) is 0 Å². The Bertz CT molecular complexity index is 288. The number of hydrogen-bond donors (Lipinski definition) is 1. The van der Waals surface area contributed by atoms with Gasteiger partial charge in [0.1, 0.15) is 0 Å².